The molecule has 31 heavy (non-hydrogen) atoms. The fraction of sp³-hybridized carbons (Fsp3) is 0.458. The van der Waals surface area contributed by atoms with Gasteiger partial charge in [-0.3, -0.25) is 4.79 Å². The molecule has 1 fully saturated rings. The van der Waals surface area contributed by atoms with Crippen molar-refractivity contribution in [1.29, 1.82) is 0 Å². The number of ether oxygens (including phenoxy) is 2. The Bertz CT molecular complexity index is 928. The zero-order valence-corrected chi connectivity index (χ0v) is 19.4. The highest BCUT2D eigenvalue weighted by Gasteiger charge is 2.40. The number of sulfonamides is 1. The van der Waals surface area contributed by atoms with Gasteiger partial charge in [0.15, 0.2) is 0 Å². The van der Waals surface area contributed by atoms with Crippen molar-refractivity contribution >= 4 is 15.8 Å². The van der Waals surface area contributed by atoms with E-state index in [0.29, 0.717) is 12.8 Å². The molecule has 7 heteroatoms. The lowest BCUT2D eigenvalue weighted by molar-refractivity contribution is -0.128. The molecule has 0 spiro atoms. The highest BCUT2D eigenvalue weighted by atomic mass is 32.2. The minimum Gasteiger partial charge on any atom is -0.497 e. The molecule has 0 radical (unpaired) electrons. The first-order chi connectivity index (χ1) is 14.7. The molecule has 6 nitrogen and oxygen atoms in total. The smallest absolute Gasteiger partial charge is 0.217 e. The van der Waals surface area contributed by atoms with Crippen LogP contribution in [0, 0.1) is 11.8 Å². The largest absolute Gasteiger partial charge is 0.497 e. The molecule has 0 aliphatic heterocycles. The van der Waals surface area contributed by atoms with Gasteiger partial charge < -0.3 is 9.47 Å². The summed E-state index contributed by atoms with van der Waals surface area (Å²) in [5.74, 6) is 1.72. The van der Waals surface area contributed by atoms with E-state index in [4.69, 9.17) is 9.47 Å². The second-order valence-corrected chi connectivity index (χ2v) is 10.6. The molecule has 168 valence electrons. The van der Waals surface area contributed by atoms with Crippen molar-refractivity contribution in [2.45, 2.75) is 45.0 Å². The number of Topliss-reactive ketones (excluding diaryl/α,β-unsaturated/α-hetero) is 1. The average molecular weight is 446 g/mol. The van der Waals surface area contributed by atoms with Gasteiger partial charge in [-0.15, -0.1) is 0 Å². The molecule has 0 heterocycles. The van der Waals surface area contributed by atoms with Gasteiger partial charge in [0, 0.05) is 25.9 Å². The minimum absolute atomic E-state index is 0.0862. The van der Waals surface area contributed by atoms with Crippen LogP contribution in [0.3, 0.4) is 0 Å². The maximum atomic E-state index is 13.6. The van der Waals surface area contributed by atoms with Crippen molar-refractivity contribution in [3.8, 4) is 11.5 Å². The second-order valence-electron chi connectivity index (χ2n) is 8.28. The van der Waals surface area contributed by atoms with E-state index in [1.165, 1.54) is 4.31 Å². The molecule has 2 aromatic carbocycles. The molecule has 0 N–H and O–H groups in total. The third-order valence-corrected chi connectivity index (χ3v) is 8.68. The van der Waals surface area contributed by atoms with Crippen LogP contribution in [0.2, 0.25) is 0 Å². The van der Waals surface area contributed by atoms with Crippen molar-refractivity contribution < 1.29 is 22.7 Å². The molecule has 0 aromatic heterocycles. The first-order valence-corrected chi connectivity index (χ1v) is 12.0. The second kappa shape index (κ2) is 9.83. The van der Waals surface area contributed by atoms with Gasteiger partial charge in [0.1, 0.15) is 17.3 Å². The maximum absolute atomic E-state index is 13.6. The summed E-state index contributed by atoms with van der Waals surface area (Å²) in [5.41, 5.74) is 1.77. The summed E-state index contributed by atoms with van der Waals surface area (Å²) in [6, 6.07) is 14.9. The highest BCUT2D eigenvalue weighted by molar-refractivity contribution is 7.89. The Morgan fingerprint density at radius 3 is 1.65 bits per heavy atom. The molecular weight excluding hydrogens is 414 g/mol. The van der Waals surface area contributed by atoms with Crippen LogP contribution in [-0.4, -0.2) is 38.0 Å². The number of carbonyl (C=O) groups excluding carboxylic acids is 1. The van der Waals surface area contributed by atoms with Crippen LogP contribution in [0.25, 0.3) is 0 Å². The number of methoxy groups -OCH3 is 2. The zero-order valence-electron chi connectivity index (χ0n) is 18.6. The van der Waals surface area contributed by atoms with E-state index >= 15 is 0 Å². The molecule has 3 rings (SSSR count). The normalized spacial score (nSPS) is 16.6. The molecular formula is C24H31NO5S. The number of hydrogen-bond donors (Lipinski definition) is 0. The summed E-state index contributed by atoms with van der Waals surface area (Å²) in [5, 5.41) is -0.581. The predicted molar refractivity (Wildman–Crippen MR) is 121 cm³/mol. The van der Waals surface area contributed by atoms with Crippen LogP contribution in [0.4, 0.5) is 0 Å². The Morgan fingerprint density at radius 2 is 1.29 bits per heavy atom. The number of benzene rings is 2. The van der Waals surface area contributed by atoms with Gasteiger partial charge in [-0.1, -0.05) is 31.2 Å². The Labute approximate surface area is 185 Å². The number of carbonyl (C=O) groups is 1. The number of hydrogen-bond acceptors (Lipinski definition) is 5. The van der Waals surface area contributed by atoms with E-state index in [9.17, 15) is 13.2 Å². The molecule has 1 saturated carbocycles. The molecule has 1 aliphatic carbocycles. The van der Waals surface area contributed by atoms with E-state index in [1.807, 2.05) is 55.5 Å². The van der Waals surface area contributed by atoms with Gasteiger partial charge >= 0.3 is 0 Å². The first kappa shape index (κ1) is 23.3. The summed E-state index contributed by atoms with van der Waals surface area (Å²) in [6.45, 7) is 4.23. The van der Waals surface area contributed by atoms with Crippen LogP contribution >= 0.6 is 0 Å². The Balaban J connectivity index is 1.85. The standard InChI is InChI=1S/C24H31NO5S/c1-17(21-13-22(26)14-21)18(2)31(27,28)25(15-19-5-9-23(29-3)10-6-19)16-20-7-11-24(30-4)12-8-20/h5-12,17-18,21H,13-16H2,1-4H3. The fourth-order valence-electron chi connectivity index (χ4n) is 3.89. The van der Waals surface area contributed by atoms with Crippen LogP contribution in [0.15, 0.2) is 48.5 Å². The lowest BCUT2D eigenvalue weighted by Gasteiger charge is -2.36. The van der Waals surface area contributed by atoms with Gasteiger partial charge in [0.2, 0.25) is 10.0 Å². The molecule has 1 aliphatic rings. The summed E-state index contributed by atoms with van der Waals surface area (Å²) in [7, 11) is -0.405. The lowest BCUT2D eigenvalue weighted by Crippen LogP contribution is -2.43. The SMILES string of the molecule is COc1ccc(CN(Cc2ccc(OC)cc2)S(=O)(=O)C(C)C(C)C2CC(=O)C2)cc1. The summed E-state index contributed by atoms with van der Waals surface area (Å²) in [4.78, 5) is 11.4. The quantitative estimate of drug-likeness (QED) is 0.552. The molecule has 2 unspecified atom stereocenters. The van der Waals surface area contributed by atoms with E-state index in [0.717, 1.165) is 22.6 Å². The van der Waals surface area contributed by atoms with Crippen molar-refractivity contribution in [1.82, 2.24) is 4.31 Å². The number of rotatable bonds is 10. The molecule has 2 atom stereocenters. The number of ketones is 1. The average Bonchev–Trinajstić information content (AvgIpc) is 2.76. The van der Waals surface area contributed by atoms with Crippen molar-refractivity contribution in [3.05, 3.63) is 59.7 Å². The van der Waals surface area contributed by atoms with Gasteiger partial charge in [0.05, 0.1) is 19.5 Å². The van der Waals surface area contributed by atoms with Crippen LogP contribution in [-0.2, 0) is 27.9 Å². The van der Waals surface area contributed by atoms with E-state index in [1.54, 1.807) is 21.1 Å². The summed E-state index contributed by atoms with van der Waals surface area (Å²) in [6.07, 6.45) is 0.968. The van der Waals surface area contributed by atoms with Crippen LogP contribution in [0.1, 0.15) is 37.8 Å². The highest BCUT2D eigenvalue weighted by Crippen LogP contribution is 2.35. The third-order valence-electron chi connectivity index (χ3n) is 6.33. The van der Waals surface area contributed by atoms with E-state index in [2.05, 4.69) is 0 Å². The topological polar surface area (TPSA) is 72.9 Å². The zero-order chi connectivity index (χ0) is 22.6. The van der Waals surface area contributed by atoms with E-state index in [-0.39, 0.29) is 30.7 Å². The molecule has 0 amide bonds. The monoisotopic (exact) mass is 445 g/mol. The van der Waals surface area contributed by atoms with Crippen LogP contribution in [0.5, 0.6) is 11.5 Å². The molecule has 0 bridgehead atoms. The molecule has 0 saturated heterocycles. The van der Waals surface area contributed by atoms with Gasteiger partial charge in [-0.2, -0.15) is 4.31 Å². The minimum atomic E-state index is -3.61. The molecule has 2 aromatic rings. The van der Waals surface area contributed by atoms with Crippen molar-refractivity contribution in [2.75, 3.05) is 14.2 Å². The first-order valence-electron chi connectivity index (χ1n) is 10.5. The van der Waals surface area contributed by atoms with Gasteiger partial charge in [-0.25, -0.2) is 8.42 Å². The Hall–Kier alpha value is -2.38. The number of nitrogens with zero attached hydrogens (tertiary/aromatic N) is 1. The summed E-state index contributed by atoms with van der Waals surface area (Å²) < 4.78 is 39.3. The van der Waals surface area contributed by atoms with Crippen LogP contribution < -0.4 is 9.47 Å². The lowest BCUT2D eigenvalue weighted by atomic mass is 9.74. The third kappa shape index (κ3) is 5.46. The Kier molecular flexibility index (Phi) is 7.38. The summed E-state index contributed by atoms with van der Waals surface area (Å²) >= 11 is 0. The van der Waals surface area contributed by atoms with Gasteiger partial charge in [-0.05, 0) is 54.2 Å². The predicted octanol–water partition coefficient (Wildman–Crippen LogP) is 4.04. The van der Waals surface area contributed by atoms with Crippen molar-refractivity contribution in [3.63, 3.8) is 0 Å². The maximum Gasteiger partial charge on any atom is 0.217 e. The fourth-order valence-corrected chi connectivity index (χ4v) is 5.78. The Morgan fingerprint density at radius 1 is 0.871 bits per heavy atom. The van der Waals surface area contributed by atoms with Crippen molar-refractivity contribution in [2.24, 2.45) is 11.8 Å². The van der Waals surface area contributed by atoms with Gasteiger partial charge in [0.25, 0.3) is 0 Å². The van der Waals surface area contributed by atoms with E-state index < -0.39 is 15.3 Å².